The van der Waals surface area contributed by atoms with Crippen molar-refractivity contribution in [3.63, 3.8) is 0 Å². The Morgan fingerprint density at radius 1 is 1.20 bits per heavy atom. The summed E-state index contributed by atoms with van der Waals surface area (Å²) in [5, 5.41) is 0.697. The lowest BCUT2D eigenvalue weighted by Gasteiger charge is -2.17. The van der Waals surface area contributed by atoms with Gasteiger partial charge in [0.1, 0.15) is 0 Å². The largest absolute Gasteiger partial charge is 0.330 e. The van der Waals surface area contributed by atoms with Gasteiger partial charge in [0.25, 0.3) is 0 Å². The molecule has 110 valence electrons. The van der Waals surface area contributed by atoms with Crippen LogP contribution in [0.25, 0.3) is 0 Å². The monoisotopic (exact) mass is 358 g/mol. The molecule has 0 aliphatic carbocycles. The third-order valence-electron chi connectivity index (χ3n) is 3.50. The molecule has 2 N–H and O–H groups in total. The van der Waals surface area contributed by atoms with Gasteiger partial charge in [0.05, 0.1) is 4.90 Å². The van der Waals surface area contributed by atoms with Gasteiger partial charge < -0.3 is 5.73 Å². The number of sulfonamides is 1. The van der Waals surface area contributed by atoms with Crippen molar-refractivity contribution < 1.29 is 8.42 Å². The molecule has 0 aromatic heterocycles. The molecule has 4 nitrogen and oxygen atoms in total. The predicted molar refractivity (Wildman–Crippen MR) is 84.4 cm³/mol. The molecule has 0 amide bonds. The molecule has 1 aliphatic rings. The van der Waals surface area contributed by atoms with Crippen LogP contribution in [0.5, 0.6) is 0 Å². The van der Waals surface area contributed by atoms with Crippen molar-refractivity contribution in [3.05, 3.63) is 41.0 Å². The number of aryl methyl sites for hydroxylation is 1. The minimum atomic E-state index is -3.42. The van der Waals surface area contributed by atoms with E-state index in [1.54, 1.807) is 12.1 Å². The van der Waals surface area contributed by atoms with Gasteiger partial charge in [-0.1, -0.05) is 39.2 Å². The number of benzene rings is 1. The molecule has 0 radical (unpaired) electrons. The second-order valence-electron chi connectivity index (χ2n) is 4.97. The van der Waals surface area contributed by atoms with E-state index in [0.717, 1.165) is 23.1 Å². The Balaban J connectivity index is 2.23. The van der Waals surface area contributed by atoms with Gasteiger partial charge in [-0.05, 0) is 37.6 Å². The standard InChI is InChI=1S/C14H19BrN2O2S/c1-11-2-4-14(5-3-11)20(18,19)17-9-12(6-7-16)13(8-15)10-17/h2-5H,6-10,16H2,1H3. The van der Waals surface area contributed by atoms with Crippen LogP contribution in [0.4, 0.5) is 0 Å². The third kappa shape index (κ3) is 3.14. The van der Waals surface area contributed by atoms with E-state index in [2.05, 4.69) is 15.9 Å². The summed E-state index contributed by atoms with van der Waals surface area (Å²) in [6.07, 6.45) is 0.751. The maximum absolute atomic E-state index is 12.6. The van der Waals surface area contributed by atoms with Crippen molar-refractivity contribution in [2.75, 3.05) is 25.0 Å². The first-order valence-electron chi connectivity index (χ1n) is 6.51. The van der Waals surface area contributed by atoms with Gasteiger partial charge >= 0.3 is 0 Å². The van der Waals surface area contributed by atoms with Crippen LogP contribution in [0.3, 0.4) is 0 Å². The molecule has 0 bridgehead atoms. The normalized spacial score (nSPS) is 16.9. The molecule has 1 aliphatic heterocycles. The van der Waals surface area contributed by atoms with Crippen LogP contribution in [-0.4, -0.2) is 37.7 Å². The highest BCUT2D eigenvalue weighted by Gasteiger charge is 2.31. The lowest BCUT2D eigenvalue weighted by atomic mass is 10.1. The van der Waals surface area contributed by atoms with Gasteiger partial charge in [-0.3, -0.25) is 0 Å². The highest BCUT2D eigenvalue weighted by atomic mass is 79.9. The van der Waals surface area contributed by atoms with Crippen molar-refractivity contribution in [2.24, 2.45) is 5.73 Å². The summed E-state index contributed by atoms with van der Waals surface area (Å²) in [7, 11) is -3.42. The maximum Gasteiger partial charge on any atom is 0.243 e. The summed E-state index contributed by atoms with van der Waals surface area (Å²) in [6.45, 7) is 3.39. The zero-order chi connectivity index (χ0) is 14.8. The summed E-state index contributed by atoms with van der Waals surface area (Å²) in [5.74, 6) is 0. The molecule has 1 aromatic carbocycles. The first kappa shape index (κ1) is 15.7. The van der Waals surface area contributed by atoms with Gasteiger partial charge in [0.2, 0.25) is 10.0 Å². The molecule has 2 rings (SSSR count). The molecule has 20 heavy (non-hydrogen) atoms. The second-order valence-corrected chi connectivity index (χ2v) is 7.46. The first-order chi connectivity index (χ1) is 9.48. The Morgan fingerprint density at radius 3 is 2.35 bits per heavy atom. The fraction of sp³-hybridized carbons (Fsp3) is 0.429. The average molecular weight is 359 g/mol. The zero-order valence-electron chi connectivity index (χ0n) is 11.5. The Hall–Kier alpha value is -0.690. The van der Waals surface area contributed by atoms with E-state index in [1.165, 1.54) is 4.31 Å². The van der Waals surface area contributed by atoms with Crippen LogP contribution >= 0.6 is 15.9 Å². The van der Waals surface area contributed by atoms with E-state index < -0.39 is 10.0 Å². The summed E-state index contributed by atoms with van der Waals surface area (Å²) in [4.78, 5) is 0.353. The highest BCUT2D eigenvalue weighted by Crippen LogP contribution is 2.27. The topological polar surface area (TPSA) is 63.4 Å². The van der Waals surface area contributed by atoms with Crippen LogP contribution in [0.15, 0.2) is 40.3 Å². The number of alkyl halides is 1. The van der Waals surface area contributed by atoms with Crippen molar-refractivity contribution in [1.82, 2.24) is 4.31 Å². The molecule has 1 heterocycles. The average Bonchev–Trinajstić information content (AvgIpc) is 2.83. The number of hydrogen-bond acceptors (Lipinski definition) is 3. The van der Waals surface area contributed by atoms with Crippen molar-refractivity contribution in [1.29, 1.82) is 0 Å². The third-order valence-corrected chi connectivity index (χ3v) is 5.98. The molecule has 0 fully saturated rings. The Labute approximate surface area is 128 Å². The van der Waals surface area contributed by atoms with Crippen LogP contribution < -0.4 is 5.73 Å². The number of halogens is 1. The molecule has 0 saturated carbocycles. The minimum Gasteiger partial charge on any atom is -0.330 e. The SMILES string of the molecule is Cc1ccc(S(=O)(=O)N2CC(CBr)=C(CCN)C2)cc1. The predicted octanol–water partition coefficient (Wildman–Crippen LogP) is 2.04. The fourth-order valence-corrected chi connectivity index (χ4v) is 4.30. The molecule has 0 atom stereocenters. The van der Waals surface area contributed by atoms with Crippen molar-refractivity contribution >= 4 is 26.0 Å². The highest BCUT2D eigenvalue weighted by molar-refractivity contribution is 9.09. The number of nitrogens with zero attached hydrogens (tertiary/aromatic N) is 1. The molecule has 1 aromatic rings. The second kappa shape index (κ2) is 6.39. The first-order valence-corrected chi connectivity index (χ1v) is 9.08. The van der Waals surface area contributed by atoms with Crippen LogP contribution in [-0.2, 0) is 10.0 Å². The van der Waals surface area contributed by atoms with E-state index in [-0.39, 0.29) is 0 Å². The fourth-order valence-electron chi connectivity index (χ4n) is 2.30. The van der Waals surface area contributed by atoms with Gasteiger partial charge in [-0.25, -0.2) is 8.42 Å². The van der Waals surface area contributed by atoms with Gasteiger partial charge in [0.15, 0.2) is 0 Å². The number of nitrogens with two attached hydrogens (primary N) is 1. The Bertz CT molecular complexity index is 609. The Morgan fingerprint density at radius 2 is 1.80 bits per heavy atom. The van der Waals surface area contributed by atoms with E-state index in [0.29, 0.717) is 29.9 Å². The van der Waals surface area contributed by atoms with Crippen LogP contribution in [0.1, 0.15) is 12.0 Å². The van der Waals surface area contributed by atoms with E-state index in [1.807, 2.05) is 19.1 Å². The molecular weight excluding hydrogens is 340 g/mol. The molecule has 0 spiro atoms. The lowest BCUT2D eigenvalue weighted by Crippen LogP contribution is -2.30. The van der Waals surface area contributed by atoms with Gasteiger partial charge in [-0.15, -0.1) is 0 Å². The van der Waals surface area contributed by atoms with Crippen LogP contribution in [0, 0.1) is 6.92 Å². The van der Waals surface area contributed by atoms with Crippen molar-refractivity contribution in [2.45, 2.75) is 18.2 Å². The molecule has 0 saturated heterocycles. The van der Waals surface area contributed by atoms with E-state index in [9.17, 15) is 8.42 Å². The molecule has 6 heteroatoms. The zero-order valence-corrected chi connectivity index (χ0v) is 13.9. The number of hydrogen-bond donors (Lipinski definition) is 1. The quantitative estimate of drug-likeness (QED) is 0.646. The lowest BCUT2D eigenvalue weighted by molar-refractivity contribution is 0.479. The maximum atomic E-state index is 12.6. The minimum absolute atomic E-state index is 0.353. The van der Waals surface area contributed by atoms with E-state index >= 15 is 0 Å². The van der Waals surface area contributed by atoms with Gasteiger partial charge in [-0.2, -0.15) is 4.31 Å². The summed E-state index contributed by atoms with van der Waals surface area (Å²) in [5.41, 5.74) is 8.91. The van der Waals surface area contributed by atoms with Crippen molar-refractivity contribution in [3.8, 4) is 0 Å². The summed E-state index contributed by atoms with van der Waals surface area (Å²) < 4.78 is 26.7. The van der Waals surface area contributed by atoms with Crippen LogP contribution in [0.2, 0.25) is 0 Å². The van der Waals surface area contributed by atoms with Gasteiger partial charge in [0, 0.05) is 18.4 Å². The Kier molecular flexibility index (Phi) is 5.01. The molecule has 0 unspecified atom stereocenters. The molecular formula is C14H19BrN2O2S. The van der Waals surface area contributed by atoms with E-state index in [4.69, 9.17) is 5.73 Å². The number of rotatable bonds is 5. The summed E-state index contributed by atoms with van der Waals surface area (Å²) in [6, 6.07) is 6.98. The summed E-state index contributed by atoms with van der Waals surface area (Å²) >= 11 is 3.43. The smallest absolute Gasteiger partial charge is 0.243 e.